The van der Waals surface area contributed by atoms with Gasteiger partial charge in [0.1, 0.15) is 30.3 Å². The first-order valence-electron chi connectivity index (χ1n) is 14.2. The average Bonchev–Trinajstić information content (AvgIpc) is 3.02. The zero-order valence-electron chi connectivity index (χ0n) is 24.5. The molecule has 228 valence electrons. The smallest absolute Gasteiger partial charge is 0.343 e. The van der Waals surface area contributed by atoms with Crippen molar-refractivity contribution in [3.8, 4) is 17.2 Å². The maximum Gasteiger partial charge on any atom is 0.343 e. The highest BCUT2D eigenvalue weighted by Crippen LogP contribution is 2.19. The molecule has 3 rings (SSSR count). The Bertz CT molecular complexity index is 1340. The van der Waals surface area contributed by atoms with Gasteiger partial charge >= 0.3 is 11.9 Å². The number of aliphatic carboxylic acids is 1. The number of carbonyl (C=O) groups excluding carboxylic acids is 3. The highest BCUT2D eigenvalue weighted by atomic mass is 16.5. The first kappa shape index (κ1) is 32.7. The molecule has 0 saturated heterocycles. The molecular weight excluding hydrogens is 552 g/mol. The highest BCUT2D eigenvalue weighted by Gasteiger charge is 2.20. The molecule has 0 atom stereocenters. The van der Waals surface area contributed by atoms with Gasteiger partial charge in [-0.2, -0.15) is 0 Å². The number of amides is 2. The quantitative estimate of drug-likeness (QED) is 0.126. The number of hydrogen-bond donors (Lipinski definition) is 2. The van der Waals surface area contributed by atoms with Gasteiger partial charge in [-0.15, -0.1) is 0 Å². The van der Waals surface area contributed by atoms with Crippen molar-refractivity contribution in [2.24, 2.45) is 0 Å². The summed E-state index contributed by atoms with van der Waals surface area (Å²) in [7, 11) is 1.51. The summed E-state index contributed by atoms with van der Waals surface area (Å²) < 4.78 is 16.4. The van der Waals surface area contributed by atoms with Gasteiger partial charge in [0.15, 0.2) is 0 Å². The second kappa shape index (κ2) is 17.2. The normalized spacial score (nSPS) is 10.5. The standard InChI is InChI=1S/C33H38N2O8/c1-3-4-5-6-7-20-42-28-18-12-26(13-19-28)33(40)43-29-14-8-24(9-15-29)22-35(23-30(36)34-21-31(37)38)32(39)25-10-16-27(41-2)17-11-25/h8-19H,3-7,20-23H2,1-2H3,(H,34,36)(H,37,38). The molecule has 0 heterocycles. The molecule has 0 aliphatic carbocycles. The lowest BCUT2D eigenvalue weighted by Crippen LogP contribution is -2.41. The molecule has 0 saturated carbocycles. The van der Waals surface area contributed by atoms with Crippen molar-refractivity contribution in [3.05, 3.63) is 89.5 Å². The molecular formula is C33H38N2O8. The van der Waals surface area contributed by atoms with Crippen LogP contribution in [0.25, 0.3) is 0 Å². The number of rotatable bonds is 17. The molecule has 0 spiro atoms. The van der Waals surface area contributed by atoms with Crippen LogP contribution in [0, 0.1) is 0 Å². The Morgan fingerprint density at radius 1 is 0.767 bits per heavy atom. The van der Waals surface area contributed by atoms with Gasteiger partial charge in [0.25, 0.3) is 5.91 Å². The molecule has 43 heavy (non-hydrogen) atoms. The second-order valence-electron chi connectivity index (χ2n) is 9.88. The Kier molecular flexibility index (Phi) is 13.0. The van der Waals surface area contributed by atoms with Gasteiger partial charge < -0.3 is 29.5 Å². The van der Waals surface area contributed by atoms with Crippen molar-refractivity contribution in [3.63, 3.8) is 0 Å². The second-order valence-corrected chi connectivity index (χ2v) is 9.88. The van der Waals surface area contributed by atoms with E-state index in [0.29, 0.717) is 40.5 Å². The summed E-state index contributed by atoms with van der Waals surface area (Å²) in [6.07, 6.45) is 5.76. The van der Waals surface area contributed by atoms with Crippen molar-refractivity contribution in [2.45, 2.75) is 45.6 Å². The van der Waals surface area contributed by atoms with E-state index in [4.69, 9.17) is 19.3 Å². The Morgan fingerprint density at radius 3 is 2.00 bits per heavy atom. The molecule has 0 aliphatic heterocycles. The number of methoxy groups -OCH3 is 1. The van der Waals surface area contributed by atoms with Gasteiger partial charge in [-0.25, -0.2) is 4.79 Å². The fourth-order valence-electron chi connectivity index (χ4n) is 4.15. The van der Waals surface area contributed by atoms with Crippen LogP contribution in [-0.4, -0.2) is 60.6 Å². The van der Waals surface area contributed by atoms with Gasteiger partial charge in [-0.3, -0.25) is 14.4 Å². The number of carboxylic acids is 1. The van der Waals surface area contributed by atoms with Crippen LogP contribution >= 0.6 is 0 Å². The molecule has 3 aromatic rings. The SMILES string of the molecule is CCCCCCCOc1ccc(C(=O)Oc2ccc(CN(CC(=O)NCC(=O)O)C(=O)c3ccc(OC)cc3)cc2)cc1. The number of carbonyl (C=O) groups is 4. The summed E-state index contributed by atoms with van der Waals surface area (Å²) in [5, 5.41) is 11.1. The zero-order chi connectivity index (χ0) is 31.0. The number of ether oxygens (including phenoxy) is 3. The monoisotopic (exact) mass is 590 g/mol. The van der Waals surface area contributed by atoms with Crippen LogP contribution in [0.5, 0.6) is 17.2 Å². The summed E-state index contributed by atoms with van der Waals surface area (Å²) in [6.45, 7) is 1.96. The molecule has 0 radical (unpaired) electrons. The molecule has 0 bridgehead atoms. The molecule has 0 unspecified atom stereocenters. The molecule has 2 N–H and O–H groups in total. The fourth-order valence-corrected chi connectivity index (χ4v) is 4.15. The largest absolute Gasteiger partial charge is 0.497 e. The Morgan fingerprint density at radius 2 is 1.37 bits per heavy atom. The number of unbranched alkanes of at least 4 members (excludes halogenated alkanes) is 4. The summed E-state index contributed by atoms with van der Waals surface area (Å²) in [5.41, 5.74) is 1.38. The topological polar surface area (TPSA) is 131 Å². The Labute approximate surface area is 251 Å². The van der Waals surface area contributed by atoms with Crippen molar-refractivity contribution in [2.75, 3.05) is 26.8 Å². The summed E-state index contributed by atoms with van der Waals surface area (Å²) in [4.78, 5) is 50.4. The predicted molar refractivity (Wildman–Crippen MR) is 160 cm³/mol. The Hall–Kier alpha value is -4.86. The van der Waals surface area contributed by atoms with Crippen molar-refractivity contribution < 1.29 is 38.5 Å². The predicted octanol–water partition coefficient (Wildman–Crippen LogP) is 5.11. The van der Waals surface area contributed by atoms with Gasteiger partial charge in [0.2, 0.25) is 5.91 Å². The van der Waals surface area contributed by atoms with Gasteiger partial charge in [-0.05, 0) is 72.6 Å². The maximum atomic E-state index is 13.2. The Balaban J connectivity index is 1.59. The third-order valence-corrected chi connectivity index (χ3v) is 6.51. The van der Waals surface area contributed by atoms with E-state index in [1.807, 2.05) is 0 Å². The molecule has 10 heteroatoms. The number of nitrogens with one attached hydrogen (secondary N) is 1. The highest BCUT2D eigenvalue weighted by molar-refractivity contribution is 5.97. The number of benzene rings is 3. The van der Waals surface area contributed by atoms with Gasteiger partial charge in [-0.1, -0.05) is 44.7 Å². The molecule has 10 nitrogen and oxygen atoms in total. The molecule has 2 amide bonds. The van der Waals surface area contributed by atoms with E-state index in [1.165, 1.54) is 31.3 Å². The zero-order valence-corrected chi connectivity index (χ0v) is 24.5. The van der Waals surface area contributed by atoms with E-state index in [9.17, 15) is 19.2 Å². The van der Waals surface area contributed by atoms with Crippen LogP contribution in [0.3, 0.4) is 0 Å². The molecule has 3 aromatic carbocycles. The van der Waals surface area contributed by atoms with E-state index in [0.717, 1.165) is 12.8 Å². The summed E-state index contributed by atoms with van der Waals surface area (Å²) in [5.74, 6) is -1.17. The minimum atomic E-state index is -1.19. The number of hydrogen-bond acceptors (Lipinski definition) is 7. The van der Waals surface area contributed by atoms with E-state index < -0.39 is 30.3 Å². The minimum absolute atomic E-state index is 0.0552. The van der Waals surface area contributed by atoms with Crippen LogP contribution in [0.2, 0.25) is 0 Å². The van der Waals surface area contributed by atoms with Crippen LogP contribution in [0.15, 0.2) is 72.8 Å². The van der Waals surface area contributed by atoms with E-state index >= 15 is 0 Å². The number of nitrogens with zero attached hydrogens (tertiary/aromatic N) is 1. The van der Waals surface area contributed by atoms with Crippen molar-refractivity contribution in [1.29, 1.82) is 0 Å². The van der Waals surface area contributed by atoms with Gasteiger partial charge in [0.05, 0.1) is 19.3 Å². The molecule has 0 fully saturated rings. The lowest BCUT2D eigenvalue weighted by molar-refractivity contribution is -0.138. The lowest BCUT2D eigenvalue weighted by Gasteiger charge is -2.22. The van der Waals surface area contributed by atoms with E-state index in [1.54, 1.807) is 72.8 Å². The average molecular weight is 591 g/mol. The molecule has 0 aromatic heterocycles. The maximum absolute atomic E-state index is 13.2. The van der Waals surface area contributed by atoms with E-state index in [-0.39, 0.29) is 13.1 Å². The van der Waals surface area contributed by atoms with Crippen molar-refractivity contribution >= 4 is 23.8 Å². The first-order chi connectivity index (χ1) is 20.8. The summed E-state index contributed by atoms with van der Waals surface area (Å²) >= 11 is 0. The van der Waals surface area contributed by atoms with Crippen LogP contribution in [0.1, 0.15) is 65.3 Å². The number of esters is 1. The number of carboxylic acid groups (broad SMARTS) is 1. The van der Waals surface area contributed by atoms with Crippen LogP contribution in [-0.2, 0) is 16.1 Å². The van der Waals surface area contributed by atoms with Crippen LogP contribution in [0.4, 0.5) is 0 Å². The third kappa shape index (κ3) is 11.1. The lowest BCUT2D eigenvalue weighted by atomic mass is 10.1. The van der Waals surface area contributed by atoms with Crippen LogP contribution < -0.4 is 19.5 Å². The van der Waals surface area contributed by atoms with Crippen molar-refractivity contribution in [1.82, 2.24) is 10.2 Å². The summed E-state index contributed by atoms with van der Waals surface area (Å²) in [6, 6.07) is 19.8. The first-order valence-corrected chi connectivity index (χ1v) is 14.2. The minimum Gasteiger partial charge on any atom is -0.497 e. The fraction of sp³-hybridized carbons (Fsp3) is 0.333. The van der Waals surface area contributed by atoms with E-state index in [2.05, 4.69) is 12.2 Å². The third-order valence-electron chi connectivity index (χ3n) is 6.51. The molecule has 0 aliphatic rings. The van der Waals surface area contributed by atoms with Gasteiger partial charge in [0, 0.05) is 12.1 Å².